The molecule has 2 saturated carbocycles. The number of carbonyl (C=O) groups is 5. The number of carbonyl (C=O) groups excluding carboxylic acids is 5. The molecule has 1 spiro atoms. The summed E-state index contributed by atoms with van der Waals surface area (Å²) in [5.74, 6) is 0.876. The summed E-state index contributed by atoms with van der Waals surface area (Å²) in [7, 11) is 0. The maximum absolute atomic E-state index is 15.3. The van der Waals surface area contributed by atoms with Crippen LogP contribution in [-0.2, 0) is 29.4 Å². The summed E-state index contributed by atoms with van der Waals surface area (Å²) in [5, 5.41) is 6.13. The van der Waals surface area contributed by atoms with Gasteiger partial charge in [-0.15, -0.1) is 0 Å². The van der Waals surface area contributed by atoms with Crippen molar-refractivity contribution in [3.05, 3.63) is 60.0 Å². The molecule has 16 heteroatoms. The van der Waals surface area contributed by atoms with Gasteiger partial charge in [0.15, 0.2) is 5.82 Å². The van der Waals surface area contributed by atoms with Crippen molar-refractivity contribution < 1.29 is 24.0 Å². The van der Waals surface area contributed by atoms with Crippen LogP contribution < -0.4 is 20.4 Å². The zero-order valence-electron chi connectivity index (χ0n) is 41.7. The maximum atomic E-state index is 15.3. The molecule has 4 aromatic rings. The molecule has 7 fully saturated rings. The van der Waals surface area contributed by atoms with Gasteiger partial charge in [-0.25, -0.2) is 15.0 Å². The van der Waals surface area contributed by atoms with E-state index in [1.807, 2.05) is 28.3 Å². The van der Waals surface area contributed by atoms with Gasteiger partial charge in [-0.1, -0.05) is 31.5 Å². The second kappa shape index (κ2) is 18.3. The van der Waals surface area contributed by atoms with Crippen LogP contribution in [0.25, 0.3) is 22.3 Å². The zero-order chi connectivity index (χ0) is 48.7. The van der Waals surface area contributed by atoms with E-state index in [1.165, 1.54) is 19.3 Å². The molecule has 374 valence electrons. The van der Waals surface area contributed by atoms with Crippen LogP contribution >= 0.6 is 0 Å². The Morgan fingerprint density at radius 2 is 1.59 bits per heavy atom. The molecule has 1 unspecified atom stereocenters. The van der Waals surface area contributed by atoms with Gasteiger partial charge in [0.1, 0.15) is 11.3 Å². The summed E-state index contributed by atoms with van der Waals surface area (Å²) >= 11 is 0. The van der Waals surface area contributed by atoms with E-state index in [0.29, 0.717) is 89.9 Å². The normalized spacial score (nSPS) is 27.2. The SMILES string of the molecule is CC(C)n1cnc2cc(-c3ccc4c(c3)N([C@H]3C[C@@H](N5CCCCC5)C3)C(=O)C43CCN(C(=O)[C@H]4CN(C(=O)C5CCN(c6ccc(C7CCC(=O)NC7=O)cn6)CC5)C[C@H]4C)CC3)nc(NC3CC3)c21. The number of rotatable bonds is 10. The van der Waals surface area contributed by atoms with E-state index in [4.69, 9.17) is 9.97 Å². The molecule has 9 heterocycles. The molecule has 3 atom stereocenters. The number of benzene rings is 1. The Hall–Kier alpha value is -5.90. The van der Waals surface area contributed by atoms with Crippen molar-refractivity contribution in [3.8, 4) is 11.3 Å². The van der Waals surface area contributed by atoms with Gasteiger partial charge in [0.25, 0.3) is 0 Å². The van der Waals surface area contributed by atoms with Crippen LogP contribution in [0.2, 0.25) is 0 Å². The lowest BCUT2D eigenvalue weighted by Crippen LogP contribution is -2.58. The van der Waals surface area contributed by atoms with Gasteiger partial charge in [0.2, 0.25) is 29.5 Å². The summed E-state index contributed by atoms with van der Waals surface area (Å²) in [4.78, 5) is 93.6. The Kier molecular flexibility index (Phi) is 11.9. The molecule has 71 heavy (non-hydrogen) atoms. The minimum atomic E-state index is -0.698. The van der Waals surface area contributed by atoms with Crippen molar-refractivity contribution in [1.29, 1.82) is 0 Å². The maximum Gasteiger partial charge on any atom is 0.238 e. The van der Waals surface area contributed by atoms with Crippen molar-refractivity contribution in [1.82, 2.24) is 39.5 Å². The Morgan fingerprint density at radius 3 is 2.30 bits per heavy atom. The molecule has 0 radical (unpaired) electrons. The van der Waals surface area contributed by atoms with Gasteiger partial charge in [0, 0.05) is 93.2 Å². The van der Waals surface area contributed by atoms with Crippen molar-refractivity contribution in [3.63, 3.8) is 0 Å². The molecule has 1 aromatic carbocycles. The number of imidazole rings is 1. The average Bonchev–Trinajstić information content (AvgIpc) is 3.86. The molecule has 12 rings (SSSR count). The van der Waals surface area contributed by atoms with Gasteiger partial charge in [0.05, 0.1) is 34.8 Å². The molecular formula is C55H69N11O5. The standard InChI is InChI=1S/C55H69N11O5/c1-33(2)65-32-57-45-28-44(59-50(49(45)65)58-38-9-10-38)36-7-12-43-46(25-36)66(40-26-39(27-40)61-19-5-4-6-20-61)54(71)55(43)17-23-63(24-18-55)53(70)42-31-64(30-34(42)3)52(69)35-15-21-62(22-16-35)47-13-8-37(29-56-47)41-11-14-48(67)60-51(41)68/h7-8,12-13,25,28-29,32-35,38-42H,4-6,9-11,14-24,26-27,30-31H2,1-3H3,(H,58,59)(H,60,67,68)/t34-,39-,40+,41?,42+/m1/s1. The van der Waals surface area contributed by atoms with Crippen LogP contribution in [-0.4, -0.2) is 134 Å². The number of likely N-dealkylation sites (tertiary alicyclic amines) is 3. The monoisotopic (exact) mass is 964 g/mol. The molecule has 5 amide bonds. The number of hydrogen-bond donors (Lipinski definition) is 2. The average molecular weight is 964 g/mol. The first-order valence-corrected chi connectivity index (χ1v) is 26.9. The molecule has 2 aliphatic carbocycles. The third-order valence-electron chi connectivity index (χ3n) is 17.8. The molecule has 3 aromatic heterocycles. The number of aromatic nitrogens is 4. The van der Waals surface area contributed by atoms with Gasteiger partial charge < -0.3 is 34.4 Å². The van der Waals surface area contributed by atoms with Crippen LogP contribution in [0.15, 0.2) is 48.9 Å². The Balaban J connectivity index is 0.721. The number of nitrogens with zero attached hydrogens (tertiary/aromatic N) is 9. The fraction of sp³-hybridized carbons (Fsp3) is 0.600. The van der Waals surface area contributed by atoms with Crippen LogP contribution in [0.1, 0.15) is 127 Å². The number of anilines is 3. The van der Waals surface area contributed by atoms with E-state index in [1.54, 1.807) is 6.20 Å². The quantitative estimate of drug-likeness (QED) is 0.169. The number of pyridine rings is 2. The molecule has 0 bridgehead atoms. The second-order valence-electron chi connectivity index (χ2n) is 22.6. The summed E-state index contributed by atoms with van der Waals surface area (Å²) in [6, 6.07) is 13.8. The van der Waals surface area contributed by atoms with Crippen LogP contribution in [0.4, 0.5) is 17.3 Å². The van der Waals surface area contributed by atoms with Crippen molar-refractivity contribution >= 4 is 57.9 Å². The van der Waals surface area contributed by atoms with Crippen LogP contribution in [0, 0.1) is 17.8 Å². The van der Waals surface area contributed by atoms with Crippen molar-refractivity contribution in [2.24, 2.45) is 17.8 Å². The lowest BCUT2D eigenvalue weighted by molar-refractivity contribution is -0.140. The van der Waals surface area contributed by atoms with Crippen molar-refractivity contribution in [2.75, 3.05) is 67.5 Å². The van der Waals surface area contributed by atoms with Gasteiger partial charge in [-0.3, -0.25) is 29.3 Å². The largest absolute Gasteiger partial charge is 0.366 e. The molecule has 16 nitrogen and oxygen atoms in total. The number of piperidine rings is 4. The fourth-order valence-corrected chi connectivity index (χ4v) is 13.3. The molecular weight excluding hydrogens is 895 g/mol. The van der Waals surface area contributed by atoms with E-state index in [0.717, 1.165) is 89.5 Å². The molecule has 6 aliphatic heterocycles. The molecule has 2 N–H and O–H groups in total. The number of hydrogen-bond acceptors (Lipinski definition) is 11. The van der Waals surface area contributed by atoms with Gasteiger partial charge in [-0.05, 0) is 133 Å². The second-order valence-corrected chi connectivity index (χ2v) is 22.6. The number of fused-ring (bicyclic) bond motifs is 3. The first kappa shape index (κ1) is 46.2. The predicted octanol–water partition coefficient (Wildman–Crippen LogP) is 6.40. The van der Waals surface area contributed by atoms with Crippen LogP contribution in [0.3, 0.4) is 0 Å². The van der Waals surface area contributed by atoms with Gasteiger partial charge >= 0.3 is 0 Å². The van der Waals surface area contributed by atoms with E-state index < -0.39 is 5.41 Å². The van der Waals surface area contributed by atoms with E-state index >= 15 is 4.79 Å². The highest BCUT2D eigenvalue weighted by molar-refractivity contribution is 6.09. The Bertz CT molecular complexity index is 2740. The molecule has 8 aliphatic rings. The number of nitrogens with one attached hydrogen (secondary N) is 2. The first-order valence-electron chi connectivity index (χ1n) is 26.9. The highest BCUT2D eigenvalue weighted by atomic mass is 16.2. The predicted molar refractivity (Wildman–Crippen MR) is 271 cm³/mol. The first-order chi connectivity index (χ1) is 34.4. The minimum Gasteiger partial charge on any atom is -0.366 e. The van der Waals surface area contributed by atoms with Crippen molar-refractivity contribution in [2.45, 2.75) is 140 Å². The highest BCUT2D eigenvalue weighted by Gasteiger charge is 2.56. The minimum absolute atomic E-state index is 0.0377. The zero-order valence-corrected chi connectivity index (χ0v) is 41.7. The van der Waals surface area contributed by atoms with E-state index in [9.17, 15) is 19.2 Å². The summed E-state index contributed by atoms with van der Waals surface area (Å²) < 4.78 is 2.19. The summed E-state index contributed by atoms with van der Waals surface area (Å²) in [6.45, 7) is 12.1. The van der Waals surface area contributed by atoms with Crippen LogP contribution in [0.5, 0.6) is 0 Å². The fourth-order valence-electron chi connectivity index (χ4n) is 13.3. The number of amides is 5. The summed E-state index contributed by atoms with van der Waals surface area (Å²) in [5.41, 5.74) is 5.96. The number of imide groups is 1. The topological polar surface area (TPSA) is 169 Å². The van der Waals surface area contributed by atoms with E-state index in [2.05, 4.69) is 79.9 Å². The summed E-state index contributed by atoms with van der Waals surface area (Å²) in [6.07, 6.45) is 15.1. The highest BCUT2D eigenvalue weighted by Crippen LogP contribution is 2.52. The third kappa shape index (κ3) is 8.35. The molecule has 5 saturated heterocycles. The third-order valence-corrected chi connectivity index (χ3v) is 17.8. The smallest absolute Gasteiger partial charge is 0.238 e. The van der Waals surface area contributed by atoms with Gasteiger partial charge in [-0.2, -0.15) is 0 Å². The Morgan fingerprint density at radius 1 is 0.817 bits per heavy atom. The van der Waals surface area contributed by atoms with E-state index in [-0.39, 0.29) is 65.3 Å². The Labute approximate surface area is 416 Å². The lowest BCUT2D eigenvalue weighted by Gasteiger charge is -2.48. The lowest BCUT2D eigenvalue weighted by atomic mass is 9.73.